The monoisotopic (exact) mass is 295 g/mol. The highest BCUT2D eigenvalue weighted by Gasteiger charge is 2.08. The third-order valence-electron chi connectivity index (χ3n) is 3.75. The van der Waals surface area contributed by atoms with Gasteiger partial charge in [0.2, 0.25) is 0 Å². The maximum absolute atomic E-state index is 9.15. The van der Waals surface area contributed by atoms with Crippen LogP contribution in [-0.2, 0) is 0 Å². The summed E-state index contributed by atoms with van der Waals surface area (Å²) in [7, 11) is 0. The highest BCUT2D eigenvalue weighted by atomic mass is 14.7. The summed E-state index contributed by atoms with van der Waals surface area (Å²) in [5.74, 6) is 0. The molecule has 0 atom stereocenters. The summed E-state index contributed by atoms with van der Waals surface area (Å²) in [6.45, 7) is 2.04. The Balaban J connectivity index is 2.05. The SMILES string of the molecule is Cc1cc(-c2ccc(C#N)c(C#N)c2)ncc1-c1ccccc1. The predicted molar refractivity (Wildman–Crippen MR) is 89.3 cm³/mol. The molecule has 3 heteroatoms. The summed E-state index contributed by atoms with van der Waals surface area (Å²) in [5.41, 5.74) is 5.71. The highest BCUT2D eigenvalue weighted by molar-refractivity contribution is 5.71. The quantitative estimate of drug-likeness (QED) is 0.701. The van der Waals surface area contributed by atoms with Gasteiger partial charge in [0.15, 0.2) is 0 Å². The molecule has 0 fully saturated rings. The minimum atomic E-state index is 0.372. The minimum Gasteiger partial charge on any atom is -0.256 e. The number of hydrogen-bond acceptors (Lipinski definition) is 3. The Kier molecular flexibility index (Phi) is 3.87. The lowest BCUT2D eigenvalue weighted by Crippen LogP contribution is -1.91. The third-order valence-corrected chi connectivity index (χ3v) is 3.75. The summed E-state index contributed by atoms with van der Waals surface area (Å²) >= 11 is 0. The van der Waals surface area contributed by atoms with Gasteiger partial charge in [0, 0.05) is 17.3 Å². The minimum absolute atomic E-state index is 0.372. The zero-order valence-electron chi connectivity index (χ0n) is 12.6. The number of pyridine rings is 1. The van der Waals surface area contributed by atoms with Crippen molar-refractivity contribution >= 4 is 0 Å². The van der Waals surface area contributed by atoms with Gasteiger partial charge in [0.25, 0.3) is 0 Å². The van der Waals surface area contributed by atoms with E-state index < -0.39 is 0 Å². The topological polar surface area (TPSA) is 60.5 Å². The Hall–Kier alpha value is -3.43. The van der Waals surface area contributed by atoms with E-state index in [1.165, 1.54) is 0 Å². The first-order valence-electron chi connectivity index (χ1n) is 7.19. The van der Waals surface area contributed by atoms with Gasteiger partial charge in [-0.05, 0) is 36.2 Å². The number of benzene rings is 2. The molecule has 0 saturated heterocycles. The van der Waals surface area contributed by atoms with E-state index in [4.69, 9.17) is 10.5 Å². The molecule has 1 heterocycles. The van der Waals surface area contributed by atoms with Crippen LogP contribution in [0, 0.1) is 29.6 Å². The first-order valence-corrected chi connectivity index (χ1v) is 7.19. The van der Waals surface area contributed by atoms with Crippen LogP contribution in [0.25, 0.3) is 22.4 Å². The first-order chi connectivity index (χ1) is 11.2. The Bertz CT molecular complexity index is 945. The smallest absolute Gasteiger partial charge is 0.101 e. The van der Waals surface area contributed by atoms with E-state index in [1.54, 1.807) is 12.1 Å². The summed E-state index contributed by atoms with van der Waals surface area (Å²) in [6.07, 6.45) is 1.85. The molecular weight excluding hydrogens is 282 g/mol. The first kappa shape index (κ1) is 14.5. The second-order valence-corrected chi connectivity index (χ2v) is 5.23. The maximum Gasteiger partial charge on any atom is 0.101 e. The predicted octanol–water partition coefficient (Wildman–Crippen LogP) is 4.47. The molecule has 23 heavy (non-hydrogen) atoms. The van der Waals surface area contributed by atoms with Gasteiger partial charge < -0.3 is 0 Å². The van der Waals surface area contributed by atoms with Crippen LogP contribution in [0.4, 0.5) is 0 Å². The number of rotatable bonds is 2. The molecule has 0 aliphatic heterocycles. The molecule has 0 saturated carbocycles. The fourth-order valence-corrected chi connectivity index (χ4v) is 2.53. The van der Waals surface area contributed by atoms with Gasteiger partial charge in [-0.25, -0.2) is 0 Å². The molecule has 3 aromatic rings. The summed E-state index contributed by atoms with van der Waals surface area (Å²) in [5, 5.41) is 18.1. The maximum atomic E-state index is 9.15. The molecule has 0 amide bonds. The van der Waals surface area contributed by atoms with Gasteiger partial charge in [-0.2, -0.15) is 10.5 Å². The average Bonchev–Trinajstić information content (AvgIpc) is 2.61. The molecule has 0 radical (unpaired) electrons. The molecule has 3 nitrogen and oxygen atoms in total. The second kappa shape index (κ2) is 6.13. The van der Waals surface area contributed by atoms with E-state index in [0.717, 1.165) is 27.9 Å². The second-order valence-electron chi connectivity index (χ2n) is 5.23. The van der Waals surface area contributed by atoms with Gasteiger partial charge in [-0.1, -0.05) is 36.4 Å². The van der Waals surface area contributed by atoms with Crippen molar-refractivity contribution in [3.05, 3.63) is 77.5 Å². The Labute approximate surface area is 135 Å². The number of aryl methyl sites for hydroxylation is 1. The van der Waals surface area contributed by atoms with Crippen LogP contribution in [0.1, 0.15) is 16.7 Å². The Morgan fingerprint density at radius 2 is 1.57 bits per heavy atom. The Morgan fingerprint density at radius 3 is 2.22 bits per heavy atom. The number of nitrogens with zero attached hydrogens (tertiary/aromatic N) is 3. The molecule has 0 N–H and O–H groups in total. The lowest BCUT2D eigenvalue weighted by molar-refractivity contribution is 1.28. The molecule has 1 aromatic heterocycles. The summed E-state index contributed by atoms with van der Waals surface area (Å²) < 4.78 is 0. The average molecular weight is 295 g/mol. The fraction of sp³-hybridized carbons (Fsp3) is 0.0500. The lowest BCUT2D eigenvalue weighted by Gasteiger charge is -2.09. The summed E-state index contributed by atoms with van der Waals surface area (Å²) in [4.78, 5) is 4.52. The van der Waals surface area contributed by atoms with Crippen LogP contribution < -0.4 is 0 Å². The largest absolute Gasteiger partial charge is 0.256 e. The molecule has 2 aromatic carbocycles. The zero-order chi connectivity index (χ0) is 16.2. The summed E-state index contributed by atoms with van der Waals surface area (Å²) in [6, 6.07) is 21.4. The van der Waals surface area contributed by atoms with E-state index in [2.05, 4.69) is 23.2 Å². The van der Waals surface area contributed by atoms with Crippen molar-refractivity contribution in [2.75, 3.05) is 0 Å². The number of hydrogen-bond donors (Lipinski definition) is 0. The van der Waals surface area contributed by atoms with Gasteiger partial charge in [-0.15, -0.1) is 0 Å². The molecule has 0 aliphatic rings. The number of nitriles is 2. The van der Waals surface area contributed by atoms with Crippen LogP contribution in [0.3, 0.4) is 0 Å². The Morgan fingerprint density at radius 1 is 0.826 bits per heavy atom. The van der Waals surface area contributed by atoms with E-state index >= 15 is 0 Å². The molecular formula is C20H13N3. The number of aromatic nitrogens is 1. The van der Waals surface area contributed by atoms with Gasteiger partial charge in [0.1, 0.15) is 12.1 Å². The van der Waals surface area contributed by atoms with Crippen molar-refractivity contribution in [2.45, 2.75) is 6.92 Å². The lowest BCUT2D eigenvalue weighted by atomic mass is 9.99. The van der Waals surface area contributed by atoms with E-state index in [1.807, 2.05) is 49.5 Å². The molecule has 0 aliphatic carbocycles. The van der Waals surface area contributed by atoms with Crippen molar-refractivity contribution in [2.24, 2.45) is 0 Å². The fourth-order valence-electron chi connectivity index (χ4n) is 2.53. The third kappa shape index (κ3) is 2.81. The van der Waals surface area contributed by atoms with Crippen LogP contribution in [-0.4, -0.2) is 4.98 Å². The zero-order valence-corrected chi connectivity index (χ0v) is 12.6. The van der Waals surface area contributed by atoms with Crippen molar-refractivity contribution < 1.29 is 0 Å². The van der Waals surface area contributed by atoms with E-state index in [-0.39, 0.29) is 0 Å². The van der Waals surface area contributed by atoms with Crippen LogP contribution in [0.2, 0.25) is 0 Å². The van der Waals surface area contributed by atoms with E-state index in [0.29, 0.717) is 11.1 Å². The molecule has 0 spiro atoms. The highest BCUT2D eigenvalue weighted by Crippen LogP contribution is 2.27. The van der Waals surface area contributed by atoms with Gasteiger partial charge in [0.05, 0.1) is 16.8 Å². The molecule has 0 bridgehead atoms. The van der Waals surface area contributed by atoms with Gasteiger partial charge in [-0.3, -0.25) is 4.98 Å². The van der Waals surface area contributed by atoms with Gasteiger partial charge >= 0.3 is 0 Å². The van der Waals surface area contributed by atoms with Crippen molar-refractivity contribution in [3.63, 3.8) is 0 Å². The molecule has 0 unspecified atom stereocenters. The van der Waals surface area contributed by atoms with Crippen molar-refractivity contribution in [3.8, 4) is 34.5 Å². The van der Waals surface area contributed by atoms with Crippen molar-refractivity contribution in [1.29, 1.82) is 10.5 Å². The standard InChI is InChI=1S/C20H13N3/c1-14-9-20(16-7-8-17(11-21)18(10-16)12-22)23-13-19(14)15-5-3-2-4-6-15/h2-10,13H,1H3. The molecule has 3 rings (SSSR count). The van der Waals surface area contributed by atoms with Crippen LogP contribution in [0.5, 0.6) is 0 Å². The van der Waals surface area contributed by atoms with Crippen LogP contribution in [0.15, 0.2) is 60.8 Å². The van der Waals surface area contributed by atoms with Crippen molar-refractivity contribution in [1.82, 2.24) is 4.98 Å². The van der Waals surface area contributed by atoms with Crippen LogP contribution >= 0.6 is 0 Å². The molecule has 108 valence electrons. The van der Waals surface area contributed by atoms with E-state index in [9.17, 15) is 0 Å². The normalized spacial score (nSPS) is 9.87.